The van der Waals surface area contributed by atoms with Crippen molar-refractivity contribution in [2.24, 2.45) is 5.10 Å². The maximum atomic E-state index is 12.0. The lowest BCUT2D eigenvalue weighted by atomic mass is 10.2. The first-order valence-corrected chi connectivity index (χ1v) is 7.42. The fourth-order valence-corrected chi connectivity index (χ4v) is 2.29. The summed E-state index contributed by atoms with van der Waals surface area (Å²) in [5.41, 5.74) is 3.36. The highest BCUT2D eigenvalue weighted by molar-refractivity contribution is 5.83. The van der Waals surface area contributed by atoms with E-state index in [4.69, 9.17) is 0 Å². The van der Waals surface area contributed by atoms with Crippen LogP contribution in [0.3, 0.4) is 0 Å². The number of nitrogens with one attached hydrogen (secondary N) is 1. The molecule has 0 aliphatic carbocycles. The van der Waals surface area contributed by atoms with Gasteiger partial charge in [0.15, 0.2) is 6.54 Å². The summed E-state index contributed by atoms with van der Waals surface area (Å²) in [4.78, 5) is 22.2. The van der Waals surface area contributed by atoms with Crippen molar-refractivity contribution in [1.82, 2.24) is 20.3 Å². The van der Waals surface area contributed by atoms with Crippen LogP contribution in [-0.4, -0.2) is 31.9 Å². The molecule has 11 nitrogen and oxygen atoms in total. The molecule has 132 valence electrons. The molecule has 1 N–H and O–H groups in total. The Labute approximate surface area is 146 Å². The molecule has 3 rings (SSSR count). The molecular weight excluding hydrogens is 342 g/mol. The van der Waals surface area contributed by atoms with Crippen LogP contribution in [0.4, 0.5) is 5.69 Å². The van der Waals surface area contributed by atoms with Crippen LogP contribution >= 0.6 is 0 Å². The van der Waals surface area contributed by atoms with E-state index in [1.807, 2.05) is 0 Å². The van der Waals surface area contributed by atoms with E-state index >= 15 is 0 Å². The fourth-order valence-electron chi connectivity index (χ4n) is 2.29. The second-order valence-corrected chi connectivity index (χ2v) is 5.35. The molecule has 0 aliphatic heterocycles. The van der Waals surface area contributed by atoms with Crippen LogP contribution < -0.4 is 15.0 Å². The number of benzene rings is 1. The molecule has 1 aromatic carbocycles. The number of nitro groups is 1. The molecule has 0 saturated carbocycles. The molecule has 0 aliphatic rings. The number of fused-ring (bicyclic) bond motifs is 1. The predicted octanol–water partition coefficient (Wildman–Crippen LogP) is -0.543. The SMILES string of the molecule is Cc1cc([O-])c2n(CC(=O)N/N=C/c3cccc([N+](=O)[O-])c3)nc[n+]2n1. The molecular formula is C15H13N7O4. The van der Waals surface area contributed by atoms with Crippen molar-refractivity contribution in [2.75, 3.05) is 0 Å². The van der Waals surface area contributed by atoms with Crippen LogP contribution in [0.5, 0.6) is 5.75 Å². The molecule has 0 unspecified atom stereocenters. The number of aryl methyl sites for hydroxylation is 1. The minimum Gasteiger partial charge on any atom is -0.868 e. The number of nitro benzene ring substituents is 1. The Bertz CT molecular complexity index is 1030. The Kier molecular flexibility index (Phi) is 4.51. The Morgan fingerprint density at radius 1 is 1.46 bits per heavy atom. The molecule has 0 bridgehead atoms. The molecule has 0 saturated heterocycles. The standard InChI is InChI=1S/C15H13N7O4/c1-10-5-13(23)15-20(17-9-21(15)19-10)8-14(24)18-16-7-11-3-2-4-12(6-11)22(25)26/h2-7,9H,8H2,1H3,(H-,18,19,23,24)/b16-7+. The van der Waals surface area contributed by atoms with E-state index in [0.717, 1.165) is 0 Å². The Morgan fingerprint density at radius 2 is 2.27 bits per heavy atom. The molecule has 26 heavy (non-hydrogen) atoms. The molecule has 0 fully saturated rings. The van der Waals surface area contributed by atoms with Crippen molar-refractivity contribution in [3.05, 3.63) is 58.0 Å². The second kappa shape index (κ2) is 6.93. The van der Waals surface area contributed by atoms with Gasteiger partial charge in [-0.05, 0) is 18.7 Å². The van der Waals surface area contributed by atoms with E-state index in [0.29, 0.717) is 11.3 Å². The first-order valence-electron chi connectivity index (χ1n) is 7.42. The van der Waals surface area contributed by atoms with Crippen molar-refractivity contribution in [1.29, 1.82) is 0 Å². The highest BCUT2D eigenvalue weighted by Gasteiger charge is 2.17. The Balaban J connectivity index is 1.68. The zero-order chi connectivity index (χ0) is 18.7. The van der Waals surface area contributed by atoms with Crippen LogP contribution in [0.25, 0.3) is 5.65 Å². The summed E-state index contributed by atoms with van der Waals surface area (Å²) < 4.78 is 2.52. The van der Waals surface area contributed by atoms with E-state index in [-0.39, 0.29) is 23.6 Å². The smallest absolute Gasteiger partial charge is 0.289 e. The van der Waals surface area contributed by atoms with Gasteiger partial charge in [0.05, 0.1) is 16.8 Å². The predicted molar refractivity (Wildman–Crippen MR) is 86.2 cm³/mol. The lowest BCUT2D eigenvalue weighted by molar-refractivity contribution is -0.584. The normalized spacial score (nSPS) is 11.1. The number of rotatable bonds is 5. The number of carbonyl (C=O) groups excluding carboxylic acids is 1. The Morgan fingerprint density at radius 3 is 3.04 bits per heavy atom. The summed E-state index contributed by atoms with van der Waals surface area (Å²) in [5, 5.41) is 34.5. The third kappa shape index (κ3) is 3.61. The van der Waals surface area contributed by atoms with Crippen molar-refractivity contribution in [3.63, 3.8) is 0 Å². The van der Waals surface area contributed by atoms with Gasteiger partial charge in [-0.1, -0.05) is 16.8 Å². The molecule has 2 heterocycles. The summed E-state index contributed by atoms with van der Waals surface area (Å²) in [6.07, 6.45) is 2.62. The molecule has 2 aromatic heterocycles. The first kappa shape index (κ1) is 17.0. The largest absolute Gasteiger partial charge is 0.868 e. The number of hydrogen-bond donors (Lipinski definition) is 1. The van der Waals surface area contributed by atoms with E-state index in [2.05, 4.69) is 20.7 Å². The lowest BCUT2D eigenvalue weighted by Gasteiger charge is -2.05. The molecule has 0 atom stereocenters. The van der Waals surface area contributed by atoms with Crippen molar-refractivity contribution in [3.8, 4) is 5.75 Å². The number of hydrazone groups is 1. The number of non-ortho nitro benzene ring substituents is 1. The number of amides is 1. The van der Waals surface area contributed by atoms with Crippen LogP contribution in [0.15, 0.2) is 41.8 Å². The van der Waals surface area contributed by atoms with Gasteiger partial charge in [-0.2, -0.15) is 5.10 Å². The molecule has 3 aromatic rings. The van der Waals surface area contributed by atoms with Crippen molar-refractivity contribution >= 4 is 23.5 Å². The van der Waals surface area contributed by atoms with Gasteiger partial charge in [-0.3, -0.25) is 14.9 Å². The van der Waals surface area contributed by atoms with Gasteiger partial charge in [0.2, 0.25) is 0 Å². The topological polar surface area (TPSA) is 142 Å². The van der Waals surface area contributed by atoms with Gasteiger partial charge in [-0.25, -0.2) is 5.43 Å². The number of hydrogen-bond acceptors (Lipinski definition) is 7. The minimum absolute atomic E-state index is 0.0777. The first-order chi connectivity index (χ1) is 12.4. The van der Waals surface area contributed by atoms with Crippen LogP contribution in [-0.2, 0) is 11.3 Å². The van der Waals surface area contributed by atoms with Gasteiger partial charge in [-0.15, -0.1) is 9.61 Å². The van der Waals surface area contributed by atoms with Crippen molar-refractivity contribution < 1.29 is 19.3 Å². The third-order valence-corrected chi connectivity index (χ3v) is 3.37. The lowest BCUT2D eigenvalue weighted by Crippen LogP contribution is -2.29. The van der Waals surface area contributed by atoms with E-state index in [1.54, 1.807) is 13.0 Å². The third-order valence-electron chi connectivity index (χ3n) is 3.37. The molecule has 1 amide bonds. The quantitative estimate of drug-likeness (QED) is 0.282. The zero-order valence-electron chi connectivity index (χ0n) is 13.6. The zero-order valence-corrected chi connectivity index (χ0v) is 13.6. The van der Waals surface area contributed by atoms with Crippen molar-refractivity contribution in [2.45, 2.75) is 13.5 Å². The summed E-state index contributed by atoms with van der Waals surface area (Å²) in [7, 11) is 0. The van der Waals surface area contributed by atoms with E-state index < -0.39 is 10.8 Å². The average molecular weight is 355 g/mol. The summed E-state index contributed by atoms with van der Waals surface area (Å²) in [6, 6.07) is 7.15. The van der Waals surface area contributed by atoms with Gasteiger partial charge in [0.1, 0.15) is 0 Å². The maximum Gasteiger partial charge on any atom is 0.289 e. The second-order valence-electron chi connectivity index (χ2n) is 5.35. The number of carbonyl (C=O) groups is 1. The molecule has 0 spiro atoms. The van der Waals surface area contributed by atoms with Gasteiger partial charge in [0.25, 0.3) is 23.6 Å². The highest BCUT2D eigenvalue weighted by Crippen LogP contribution is 2.11. The highest BCUT2D eigenvalue weighted by atomic mass is 16.6. The van der Waals surface area contributed by atoms with Crippen LogP contribution in [0, 0.1) is 17.0 Å². The molecule has 0 radical (unpaired) electrons. The van der Waals surface area contributed by atoms with Crippen LogP contribution in [0.1, 0.15) is 11.3 Å². The summed E-state index contributed by atoms with van der Waals surface area (Å²) >= 11 is 0. The van der Waals surface area contributed by atoms with Crippen LogP contribution in [0.2, 0.25) is 0 Å². The summed E-state index contributed by atoms with van der Waals surface area (Å²) in [6.45, 7) is 1.45. The number of aromatic nitrogens is 4. The van der Waals surface area contributed by atoms with Gasteiger partial charge >= 0.3 is 0 Å². The summed E-state index contributed by atoms with van der Waals surface area (Å²) in [5.74, 6) is -0.819. The van der Waals surface area contributed by atoms with Gasteiger partial charge in [0, 0.05) is 22.8 Å². The van der Waals surface area contributed by atoms with Gasteiger partial charge < -0.3 is 5.11 Å². The monoisotopic (exact) mass is 355 g/mol. The maximum absolute atomic E-state index is 12.0. The fraction of sp³-hybridized carbons (Fsp3) is 0.133. The minimum atomic E-state index is -0.521. The average Bonchev–Trinajstić information content (AvgIpc) is 2.97. The van der Waals surface area contributed by atoms with E-state index in [9.17, 15) is 20.0 Å². The Hall–Kier alpha value is -3.89. The molecule has 11 heteroatoms. The number of nitrogens with zero attached hydrogens (tertiary/aromatic N) is 6. The van der Waals surface area contributed by atoms with E-state index in [1.165, 1.54) is 46.0 Å².